The summed E-state index contributed by atoms with van der Waals surface area (Å²) in [7, 11) is 0. The van der Waals surface area contributed by atoms with Crippen LogP contribution in [0.1, 0.15) is 43.4 Å². The summed E-state index contributed by atoms with van der Waals surface area (Å²) in [5, 5.41) is 3.22. The van der Waals surface area contributed by atoms with E-state index in [0.29, 0.717) is 50.7 Å². The topological polar surface area (TPSA) is 57.2 Å². The summed E-state index contributed by atoms with van der Waals surface area (Å²) < 4.78 is 44.9. The maximum absolute atomic E-state index is 13.0. The Labute approximate surface area is 175 Å². The number of morpholine rings is 1. The number of alkyl halides is 3. The molecule has 2 aliphatic rings. The summed E-state index contributed by atoms with van der Waals surface area (Å²) in [6.07, 6.45) is -2.39. The molecule has 166 valence electrons. The molecule has 1 unspecified atom stereocenters. The van der Waals surface area contributed by atoms with E-state index in [2.05, 4.69) is 10.3 Å². The molecular formula is C21H29F3N4O2. The number of benzene rings is 1. The molecule has 0 radical (unpaired) electrons. The number of amides is 1. The van der Waals surface area contributed by atoms with Crippen LogP contribution in [0.25, 0.3) is 0 Å². The van der Waals surface area contributed by atoms with Crippen LogP contribution in [-0.2, 0) is 15.7 Å². The lowest BCUT2D eigenvalue weighted by atomic mass is 10.0. The quantitative estimate of drug-likeness (QED) is 0.581. The number of likely N-dealkylation sites (tertiary alicyclic amines) is 1. The molecule has 2 aliphatic heterocycles. The van der Waals surface area contributed by atoms with Gasteiger partial charge < -0.3 is 19.9 Å². The Hall–Kier alpha value is -2.29. The second-order valence-corrected chi connectivity index (χ2v) is 7.50. The van der Waals surface area contributed by atoms with Crippen molar-refractivity contribution in [2.75, 3.05) is 45.9 Å². The molecule has 6 nitrogen and oxygen atoms in total. The van der Waals surface area contributed by atoms with Gasteiger partial charge in [0.25, 0.3) is 0 Å². The van der Waals surface area contributed by atoms with Crippen molar-refractivity contribution in [3.63, 3.8) is 0 Å². The fraction of sp³-hybridized carbons (Fsp3) is 0.619. The number of ether oxygens (including phenoxy) is 1. The SMILES string of the molecule is CCNC(=NCCC(=O)N1CCCC1)N1CCOC(c2cccc(C(F)(F)F)c2)C1. The molecular weight excluding hydrogens is 397 g/mol. The van der Waals surface area contributed by atoms with Gasteiger partial charge in [0, 0.05) is 32.6 Å². The fourth-order valence-corrected chi connectivity index (χ4v) is 3.77. The van der Waals surface area contributed by atoms with Gasteiger partial charge in [0.2, 0.25) is 5.91 Å². The molecule has 30 heavy (non-hydrogen) atoms. The molecule has 0 saturated carbocycles. The molecule has 1 aromatic rings. The molecule has 1 aromatic carbocycles. The van der Waals surface area contributed by atoms with Crippen molar-refractivity contribution in [3.05, 3.63) is 35.4 Å². The zero-order valence-electron chi connectivity index (χ0n) is 17.2. The van der Waals surface area contributed by atoms with Crippen molar-refractivity contribution in [2.45, 2.75) is 38.5 Å². The third-order valence-electron chi connectivity index (χ3n) is 5.33. The molecule has 3 rings (SSSR count). The predicted octanol–water partition coefficient (Wildman–Crippen LogP) is 3.06. The number of hydrogen-bond acceptors (Lipinski definition) is 3. The molecule has 0 aliphatic carbocycles. The maximum Gasteiger partial charge on any atom is 0.416 e. The number of rotatable bonds is 5. The Morgan fingerprint density at radius 3 is 2.70 bits per heavy atom. The van der Waals surface area contributed by atoms with Gasteiger partial charge in [-0.25, -0.2) is 0 Å². The number of nitrogens with one attached hydrogen (secondary N) is 1. The first-order valence-electron chi connectivity index (χ1n) is 10.5. The van der Waals surface area contributed by atoms with Crippen LogP contribution in [0.2, 0.25) is 0 Å². The van der Waals surface area contributed by atoms with Crippen molar-refractivity contribution in [1.82, 2.24) is 15.1 Å². The van der Waals surface area contributed by atoms with Crippen LogP contribution >= 0.6 is 0 Å². The van der Waals surface area contributed by atoms with Gasteiger partial charge in [-0.2, -0.15) is 13.2 Å². The minimum atomic E-state index is -4.39. The second kappa shape index (κ2) is 10.1. The number of carbonyl (C=O) groups excluding carboxylic acids is 1. The van der Waals surface area contributed by atoms with Gasteiger partial charge in [-0.3, -0.25) is 9.79 Å². The molecule has 0 bridgehead atoms. The van der Waals surface area contributed by atoms with Gasteiger partial charge in [0.15, 0.2) is 5.96 Å². The highest BCUT2D eigenvalue weighted by molar-refractivity contribution is 5.81. The van der Waals surface area contributed by atoms with E-state index in [4.69, 9.17) is 4.74 Å². The first-order valence-corrected chi connectivity index (χ1v) is 10.5. The van der Waals surface area contributed by atoms with E-state index in [-0.39, 0.29) is 5.91 Å². The van der Waals surface area contributed by atoms with E-state index in [0.717, 1.165) is 38.1 Å². The van der Waals surface area contributed by atoms with Crippen molar-refractivity contribution in [3.8, 4) is 0 Å². The summed E-state index contributed by atoms with van der Waals surface area (Å²) >= 11 is 0. The Bertz CT molecular complexity index is 748. The van der Waals surface area contributed by atoms with Crippen molar-refractivity contribution < 1.29 is 22.7 Å². The molecule has 1 N–H and O–H groups in total. The van der Waals surface area contributed by atoms with E-state index >= 15 is 0 Å². The second-order valence-electron chi connectivity index (χ2n) is 7.50. The largest absolute Gasteiger partial charge is 0.416 e. The van der Waals surface area contributed by atoms with E-state index in [1.54, 1.807) is 6.07 Å². The van der Waals surface area contributed by atoms with E-state index in [1.165, 1.54) is 6.07 Å². The monoisotopic (exact) mass is 426 g/mol. The summed E-state index contributed by atoms with van der Waals surface area (Å²) in [6, 6.07) is 5.27. The predicted molar refractivity (Wildman–Crippen MR) is 108 cm³/mol. The lowest BCUT2D eigenvalue weighted by Crippen LogP contribution is -2.48. The van der Waals surface area contributed by atoms with Gasteiger partial charge in [0.05, 0.1) is 25.3 Å². The van der Waals surface area contributed by atoms with Gasteiger partial charge >= 0.3 is 6.18 Å². The minimum Gasteiger partial charge on any atom is -0.370 e. The van der Waals surface area contributed by atoms with Crippen molar-refractivity contribution >= 4 is 11.9 Å². The van der Waals surface area contributed by atoms with E-state index < -0.39 is 17.8 Å². The van der Waals surface area contributed by atoms with Gasteiger partial charge in [-0.1, -0.05) is 12.1 Å². The fourth-order valence-electron chi connectivity index (χ4n) is 3.77. The molecule has 0 spiro atoms. The Balaban J connectivity index is 1.64. The number of aliphatic imine (C=N–C) groups is 1. The average Bonchev–Trinajstić information content (AvgIpc) is 3.28. The van der Waals surface area contributed by atoms with E-state index in [9.17, 15) is 18.0 Å². The highest BCUT2D eigenvalue weighted by atomic mass is 19.4. The van der Waals surface area contributed by atoms with Crippen LogP contribution in [0.3, 0.4) is 0 Å². The standard InChI is InChI=1S/C21H29F3N4O2/c1-2-25-20(26-9-8-19(29)27-10-3-4-11-27)28-12-13-30-18(15-28)16-6-5-7-17(14-16)21(22,23)24/h5-7,14,18H,2-4,8-13,15H2,1H3,(H,25,26). The smallest absolute Gasteiger partial charge is 0.370 e. The molecule has 2 fully saturated rings. The Morgan fingerprint density at radius 2 is 2.00 bits per heavy atom. The van der Waals surface area contributed by atoms with E-state index in [1.807, 2.05) is 16.7 Å². The molecule has 1 amide bonds. The van der Waals surface area contributed by atoms with Crippen LogP contribution in [0.5, 0.6) is 0 Å². The van der Waals surface area contributed by atoms with Crippen LogP contribution in [0.15, 0.2) is 29.3 Å². The lowest BCUT2D eigenvalue weighted by molar-refractivity contribution is -0.137. The van der Waals surface area contributed by atoms with Gasteiger partial charge in [0.1, 0.15) is 6.10 Å². The summed E-state index contributed by atoms with van der Waals surface area (Å²) in [6.45, 7) is 6.01. The van der Waals surface area contributed by atoms with Crippen LogP contribution in [0, 0.1) is 0 Å². The van der Waals surface area contributed by atoms with Gasteiger partial charge in [-0.15, -0.1) is 0 Å². The zero-order chi connectivity index (χ0) is 21.6. The van der Waals surface area contributed by atoms with Crippen LogP contribution < -0.4 is 5.32 Å². The maximum atomic E-state index is 13.0. The number of guanidine groups is 1. The Kier molecular flexibility index (Phi) is 7.58. The Morgan fingerprint density at radius 1 is 1.23 bits per heavy atom. The number of hydrogen-bond donors (Lipinski definition) is 1. The number of halogens is 3. The molecule has 2 saturated heterocycles. The summed E-state index contributed by atoms with van der Waals surface area (Å²) in [4.78, 5) is 20.7. The molecule has 9 heteroatoms. The average molecular weight is 426 g/mol. The summed E-state index contributed by atoms with van der Waals surface area (Å²) in [5.41, 5.74) is -0.184. The normalized spacial score (nSPS) is 20.5. The number of carbonyl (C=O) groups is 1. The van der Waals surface area contributed by atoms with Gasteiger partial charge in [-0.05, 0) is 37.5 Å². The van der Waals surface area contributed by atoms with Crippen molar-refractivity contribution in [2.24, 2.45) is 4.99 Å². The van der Waals surface area contributed by atoms with Crippen molar-refractivity contribution in [1.29, 1.82) is 0 Å². The first kappa shape index (κ1) is 22.4. The highest BCUT2D eigenvalue weighted by Gasteiger charge is 2.32. The zero-order valence-corrected chi connectivity index (χ0v) is 17.2. The highest BCUT2D eigenvalue weighted by Crippen LogP contribution is 2.32. The first-order chi connectivity index (χ1) is 14.4. The molecule has 2 heterocycles. The van der Waals surface area contributed by atoms with Crippen LogP contribution in [-0.4, -0.2) is 67.5 Å². The summed E-state index contributed by atoms with van der Waals surface area (Å²) in [5.74, 6) is 0.780. The third-order valence-corrected chi connectivity index (χ3v) is 5.33. The molecule has 1 atom stereocenters. The van der Waals surface area contributed by atoms with Crippen LogP contribution in [0.4, 0.5) is 13.2 Å². The minimum absolute atomic E-state index is 0.121. The molecule has 0 aromatic heterocycles. The third kappa shape index (κ3) is 5.87. The lowest BCUT2D eigenvalue weighted by Gasteiger charge is -2.35. The number of nitrogens with zero attached hydrogens (tertiary/aromatic N) is 3.